The van der Waals surface area contributed by atoms with Crippen molar-refractivity contribution in [1.29, 1.82) is 0 Å². The molecule has 2 atom stereocenters. The number of nitrogens with zero attached hydrogens (tertiary/aromatic N) is 2. The summed E-state index contributed by atoms with van der Waals surface area (Å²) in [7, 11) is 0. The van der Waals surface area contributed by atoms with E-state index in [1.165, 1.54) is 12.1 Å². The Morgan fingerprint density at radius 3 is 2.46 bits per heavy atom. The monoisotopic (exact) mass is 391 g/mol. The topological polar surface area (TPSA) is 75.9 Å². The van der Waals surface area contributed by atoms with Gasteiger partial charge in [-0.1, -0.05) is 6.92 Å². The molecule has 6 nitrogen and oxygen atoms in total. The maximum Gasteiger partial charge on any atom is 0.236 e. The number of piperidine rings is 2. The molecule has 0 spiro atoms. The number of carbonyl (C=O) groups is 2. The number of halogens is 1. The molecule has 7 heteroatoms. The molecule has 2 fully saturated rings. The first-order chi connectivity index (χ1) is 13.4. The van der Waals surface area contributed by atoms with Gasteiger partial charge in [0.05, 0.1) is 6.54 Å². The smallest absolute Gasteiger partial charge is 0.236 e. The number of nitrogens with two attached hydrogens (primary N) is 1. The molecule has 0 radical (unpaired) electrons. The van der Waals surface area contributed by atoms with Crippen molar-refractivity contribution in [3.63, 3.8) is 0 Å². The Morgan fingerprint density at radius 1 is 1.14 bits per heavy atom. The van der Waals surface area contributed by atoms with Crippen LogP contribution in [0.2, 0.25) is 0 Å². The van der Waals surface area contributed by atoms with Crippen molar-refractivity contribution in [3.05, 3.63) is 30.1 Å². The second kappa shape index (κ2) is 9.37. The summed E-state index contributed by atoms with van der Waals surface area (Å²) in [4.78, 5) is 28.4. The number of hydrogen-bond acceptors (Lipinski definition) is 4. The Morgan fingerprint density at radius 2 is 1.82 bits per heavy atom. The van der Waals surface area contributed by atoms with E-state index in [4.69, 9.17) is 10.5 Å². The van der Waals surface area contributed by atoms with E-state index in [0.29, 0.717) is 31.8 Å². The molecule has 3 rings (SSSR count). The van der Waals surface area contributed by atoms with Gasteiger partial charge in [0, 0.05) is 31.8 Å². The highest BCUT2D eigenvalue weighted by Crippen LogP contribution is 2.26. The second-order valence-corrected chi connectivity index (χ2v) is 8.13. The first kappa shape index (κ1) is 20.6. The van der Waals surface area contributed by atoms with Crippen molar-refractivity contribution in [2.75, 3.05) is 32.7 Å². The van der Waals surface area contributed by atoms with Crippen LogP contribution in [-0.4, -0.2) is 60.4 Å². The molecule has 28 heavy (non-hydrogen) atoms. The van der Waals surface area contributed by atoms with Crippen LogP contribution >= 0.6 is 0 Å². The standard InChI is InChI=1S/C21H30FN3O3/c1-15-6-9-24(10-7-15)14-21(27)25-11-8-19(16(13-25)12-20(23)26)28-18-4-2-17(22)3-5-18/h2-5,15-16,19H,6-14H2,1H3,(H2,23,26)/t16-,19-/m0/s1. The Hall–Kier alpha value is -2.15. The number of primary amides is 1. The van der Waals surface area contributed by atoms with Gasteiger partial charge in [-0.15, -0.1) is 0 Å². The molecule has 0 aliphatic carbocycles. The minimum Gasteiger partial charge on any atom is -0.490 e. The molecule has 0 bridgehead atoms. The van der Waals surface area contributed by atoms with Gasteiger partial charge in [-0.3, -0.25) is 14.5 Å². The number of carbonyl (C=O) groups excluding carboxylic acids is 2. The molecule has 2 aliphatic rings. The van der Waals surface area contributed by atoms with Crippen LogP contribution < -0.4 is 10.5 Å². The van der Waals surface area contributed by atoms with Crippen LogP contribution in [0.4, 0.5) is 4.39 Å². The average molecular weight is 391 g/mol. The molecule has 2 aliphatic heterocycles. The highest BCUT2D eigenvalue weighted by Gasteiger charge is 2.34. The molecule has 2 amide bonds. The summed E-state index contributed by atoms with van der Waals surface area (Å²) in [5, 5.41) is 0. The summed E-state index contributed by atoms with van der Waals surface area (Å²) in [5.41, 5.74) is 5.43. The second-order valence-electron chi connectivity index (χ2n) is 8.13. The zero-order valence-corrected chi connectivity index (χ0v) is 16.5. The summed E-state index contributed by atoms with van der Waals surface area (Å²) >= 11 is 0. The molecule has 2 heterocycles. The van der Waals surface area contributed by atoms with E-state index < -0.39 is 5.91 Å². The number of likely N-dealkylation sites (tertiary alicyclic amines) is 2. The van der Waals surface area contributed by atoms with E-state index in [-0.39, 0.29) is 30.2 Å². The van der Waals surface area contributed by atoms with Gasteiger partial charge in [-0.05, 0) is 56.1 Å². The van der Waals surface area contributed by atoms with Crippen LogP contribution in [0.5, 0.6) is 5.75 Å². The highest BCUT2D eigenvalue weighted by atomic mass is 19.1. The predicted molar refractivity (Wildman–Crippen MR) is 104 cm³/mol. The fourth-order valence-corrected chi connectivity index (χ4v) is 4.05. The van der Waals surface area contributed by atoms with Gasteiger partial charge in [0.25, 0.3) is 0 Å². The third-order valence-electron chi connectivity index (χ3n) is 5.82. The van der Waals surface area contributed by atoms with Crippen molar-refractivity contribution in [2.24, 2.45) is 17.6 Å². The van der Waals surface area contributed by atoms with E-state index in [0.717, 1.165) is 31.8 Å². The lowest BCUT2D eigenvalue weighted by Crippen LogP contribution is -2.51. The van der Waals surface area contributed by atoms with E-state index in [1.54, 1.807) is 12.1 Å². The summed E-state index contributed by atoms with van der Waals surface area (Å²) in [5.74, 6) is 0.491. The Balaban J connectivity index is 1.58. The molecule has 154 valence electrons. The maximum absolute atomic E-state index is 13.1. The van der Waals surface area contributed by atoms with Crippen LogP contribution in [0.3, 0.4) is 0 Å². The Labute approximate surface area is 165 Å². The number of rotatable bonds is 6. The van der Waals surface area contributed by atoms with E-state index in [1.807, 2.05) is 4.90 Å². The summed E-state index contributed by atoms with van der Waals surface area (Å²) < 4.78 is 19.1. The normalized spacial score (nSPS) is 24.1. The third kappa shape index (κ3) is 5.67. The molecule has 0 unspecified atom stereocenters. The minimum atomic E-state index is -0.406. The lowest BCUT2D eigenvalue weighted by molar-refractivity contribution is -0.137. The fraction of sp³-hybridized carbons (Fsp3) is 0.619. The van der Waals surface area contributed by atoms with Crippen molar-refractivity contribution >= 4 is 11.8 Å². The van der Waals surface area contributed by atoms with Crippen molar-refractivity contribution in [3.8, 4) is 5.75 Å². The molecule has 0 aromatic heterocycles. The zero-order chi connectivity index (χ0) is 20.1. The molecule has 2 saturated heterocycles. The Bertz CT molecular complexity index is 674. The largest absolute Gasteiger partial charge is 0.490 e. The van der Waals surface area contributed by atoms with Gasteiger partial charge in [0.2, 0.25) is 11.8 Å². The highest BCUT2D eigenvalue weighted by molar-refractivity contribution is 5.79. The molecule has 0 saturated carbocycles. The van der Waals surface area contributed by atoms with Crippen LogP contribution in [0.25, 0.3) is 0 Å². The SMILES string of the molecule is CC1CCN(CC(=O)N2CC[C@H](Oc3ccc(F)cc3)[C@@H](CC(N)=O)C2)CC1. The molecule has 2 N–H and O–H groups in total. The van der Waals surface area contributed by atoms with Gasteiger partial charge >= 0.3 is 0 Å². The van der Waals surface area contributed by atoms with Crippen molar-refractivity contribution in [2.45, 2.75) is 38.7 Å². The first-order valence-corrected chi connectivity index (χ1v) is 10.1. The van der Waals surface area contributed by atoms with Gasteiger partial charge in [0.1, 0.15) is 17.7 Å². The third-order valence-corrected chi connectivity index (χ3v) is 5.82. The van der Waals surface area contributed by atoms with Gasteiger partial charge < -0.3 is 15.4 Å². The van der Waals surface area contributed by atoms with E-state index in [2.05, 4.69) is 11.8 Å². The van der Waals surface area contributed by atoms with Crippen LogP contribution in [-0.2, 0) is 9.59 Å². The van der Waals surface area contributed by atoms with E-state index in [9.17, 15) is 14.0 Å². The van der Waals surface area contributed by atoms with Crippen LogP contribution in [0.15, 0.2) is 24.3 Å². The molecule has 1 aromatic carbocycles. The number of hydrogen-bond donors (Lipinski definition) is 1. The maximum atomic E-state index is 13.1. The quantitative estimate of drug-likeness (QED) is 0.805. The van der Waals surface area contributed by atoms with Crippen LogP contribution in [0, 0.1) is 17.7 Å². The van der Waals surface area contributed by atoms with Crippen molar-refractivity contribution < 1.29 is 18.7 Å². The van der Waals surface area contributed by atoms with E-state index >= 15 is 0 Å². The predicted octanol–water partition coefficient (Wildman–Crippen LogP) is 2.03. The molecular formula is C21H30FN3O3. The van der Waals surface area contributed by atoms with Gasteiger partial charge in [0.15, 0.2) is 0 Å². The Kier molecular flexibility index (Phi) is 6.88. The zero-order valence-electron chi connectivity index (χ0n) is 16.5. The molecular weight excluding hydrogens is 361 g/mol. The summed E-state index contributed by atoms with van der Waals surface area (Å²) in [6.45, 7) is 5.64. The lowest BCUT2D eigenvalue weighted by Gasteiger charge is -2.39. The number of benzene rings is 1. The average Bonchev–Trinajstić information content (AvgIpc) is 2.66. The minimum absolute atomic E-state index is 0.101. The summed E-state index contributed by atoms with van der Waals surface area (Å²) in [6, 6.07) is 5.84. The van der Waals surface area contributed by atoms with Gasteiger partial charge in [-0.2, -0.15) is 0 Å². The van der Waals surface area contributed by atoms with Gasteiger partial charge in [-0.25, -0.2) is 4.39 Å². The number of amides is 2. The lowest BCUT2D eigenvalue weighted by atomic mass is 9.91. The van der Waals surface area contributed by atoms with Crippen molar-refractivity contribution in [1.82, 2.24) is 9.80 Å². The fourth-order valence-electron chi connectivity index (χ4n) is 4.05. The van der Waals surface area contributed by atoms with Crippen LogP contribution in [0.1, 0.15) is 32.6 Å². The first-order valence-electron chi connectivity index (χ1n) is 10.1. The summed E-state index contributed by atoms with van der Waals surface area (Å²) in [6.07, 6.45) is 2.82. The molecule has 1 aromatic rings. The number of ether oxygens (including phenoxy) is 1.